The molecule has 1 heterocycles. The molecule has 0 N–H and O–H groups in total. The molecule has 1 saturated heterocycles. The molecule has 2 heteroatoms. The Morgan fingerprint density at radius 3 is 1.75 bits per heavy atom. The van der Waals surface area contributed by atoms with Crippen molar-refractivity contribution in [3.8, 4) is 0 Å². The molecule has 0 amide bonds. The number of hydrogen-bond donors (Lipinski definition) is 0. The van der Waals surface area contributed by atoms with E-state index < -0.39 is 0 Å². The third-order valence-electron chi connectivity index (χ3n) is 0.201. The summed E-state index contributed by atoms with van der Waals surface area (Å²) in [5, 5.41) is 0. The normalized spacial score (nSPS) is 21.5. The Balaban J connectivity index is 2.60. The molecule has 1 rings (SSSR count). The van der Waals surface area contributed by atoms with Gasteiger partial charge in [0, 0.05) is 0 Å². The molecule has 0 aromatic rings. The predicted octanol–water partition coefficient (Wildman–Crippen LogP) is -0.205. The van der Waals surface area contributed by atoms with Crippen LogP contribution in [0.15, 0.2) is 9.95 Å². The third kappa shape index (κ3) is 0.616. The predicted molar refractivity (Wildman–Crippen MR) is 20.6 cm³/mol. The molecule has 0 aliphatic carbocycles. The van der Waals surface area contributed by atoms with Crippen LogP contribution in [0.4, 0.5) is 0 Å². The second kappa shape index (κ2) is 0.874. The molecule has 0 aromatic heterocycles. The van der Waals surface area contributed by atoms with Crippen molar-refractivity contribution in [1.82, 2.24) is 0 Å². The van der Waals surface area contributed by atoms with Crippen LogP contribution in [0.25, 0.3) is 0 Å². The summed E-state index contributed by atoms with van der Waals surface area (Å²) in [6, 6.07) is 0. The van der Waals surface area contributed by atoms with Crippen LogP contribution in [0.1, 0.15) is 0 Å². The number of hydrogen-bond acceptors (Lipinski definition) is 0. The Morgan fingerprint density at radius 1 is 1.50 bits per heavy atom. The van der Waals surface area contributed by atoms with E-state index in [1.54, 1.807) is 3.37 Å². The van der Waals surface area contributed by atoms with Crippen molar-refractivity contribution in [2.75, 3.05) is 0 Å². The molecular formula is C2H2Se2. The Hall–Kier alpha value is 0.779. The van der Waals surface area contributed by atoms with Gasteiger partial charge in [-0.2, -0.15) is 0 Å². The van der Waals surface area contributed by atoms with Gasteiger partial charge in [-0.05, 0) is 0 Å². The maximum atomic E-state index is 3.72. The van der Waals surface area contributed by atoms with Crippen LogP contribution in [0.5, 0.6) is 0 Å². The number of rotatable bonds is 0. The van der Waals surface area contributed by atoms with Crippen molar-refractivity contribution in [1.29, 1.82) is 0 Å². The van der Waals surface area contributed by atoms with E-state index in [0.717, 1.165) is 26.3 Å². The first kappa shape index (κ1) is 2.99. The molecule has 1 fully saturated rings. The van der Waals surface area contributed by atoms with Gasteiger partial charge in [0.25, 0.3) is 0 Å². The molecular weight excluding hydrogens is 182 g/mol. The Labute approximate surface area is 36.5 Å². The molecule has 0 saturated carbocycles. The van der Waals surface area contributed by atoms with Crippen molar-refractivity contribution in [3.05, 3.63) is 9.95 Å². The molecule has 1 aliphatic heterocycles. The van der Waals surface area contributed by atoms with E-state index in [1.165, 1.54) is 0 Å². The van der Waals surface area contributed by atoms with Crippen molar-refractivity contribution < 1.29 is 0 Å². The van der Waals surface area contributed by atoms with Gasteiger partial charge in [0.1, 0.15) is 0 Å². The Morgan fingerprint density at radius 2 is 1.75 bits per heavy atom. The Bertz CT molecular complexity index is 42.0. The zero-order valence-electron chi connectivity index (χ0n) is 2.02. The van der Waals surface area contributed by atoms with E-state index >= 15 is 0 Å². The fourth-order valence-corrected chi connectivity index (χ4v) is 0.795. The average Bonchev–Trinajstić information content (AvgIpc) is 1.75. The zero-order chi connectivity index (χ0) is 2.99. The summed E-state index contributed by atoms with van der Waals surface area (Å²) in [4.78, 5) is 0. The first-order valence-corrected chi connectivity index (χ1v) is 6.97. The van der Waals surface area contributed by atoms with Gasteiger partial charge in [-0.3, -0.25) is 0 Å². The molecule has 0 radical (unpaired) electrons. The fourth-order valence-electron chi connectivity index (χ4n) is 0.0295. The third-order valence-corrected chi connectivity index (χ3v) is 5.43. The van der Waals surface area contributed by atoms with E-state index in [1.807, 2.05) is 0 Å². The van der Waals surface area contributed by atoms with Crippen LogP contribution >= 0.6 is 0 Å². The minimum atomic E-state index is 0.951. The molecule has 0 atom stereocenters. The van der Waals surface area contributed by atoms with E-state index in [-0.39, 0.29) is 0 Å². The quantitative estimate of drug-likeness (QED) is 0.457. The second-order valence-corrected chi connectivity index (χ2v) is 8.25. The molecule has 0 bridgehead atoms. The molecule has 1 aliphatic rings. The van der Waals surface area contributed by atoms with Crippen LogP contribution in [0.3, 0.4) is 0 Å². The van der Waals surface area contributed by atoms with Crippen LogP contribution in [-0.4, -0.2) is 26.3 Å². The van der Waals surface area contributed by atoms with Crippen molar-refractivity contribution in [2.45, 2.75) is 0 Å². The van der Waals surface area contributed by atoms with Crippen LogP contribution < -0.4 is 0 Å². The van der Waals surface area contributed by atoms with Crippen LogP contribution in [0.2, 0.25) is 0 Å². The van der Waals surface area contributed by atoms with Crippen molar-refractivity contribution in [3.63, 3.8) is 0 Å². The molecule has 0 unspecified atom stereocenters. The zero-order valence-corrected chi connectivity index (χ0v) is 5.45. The van der Waals surface area contributed by atoms with Gasteiger partial charge in [-0.1, -0.05) is 0 Å². The summed E-state index contributed by atoms with van der Waals surface area (Å²) in [6.07, 6.45) is 0. The standard InChI is InChI=1S/C2H2Se2/c1-2-3-4-2/h1H2. The molecule has 22 valence electrons. The molecule has 0 aromatic carbocycles. The van der Waals surface area contributed by atoms with Gasteiger partial charge in [-0.15, -0.1) is 0 Å². The van der Waals surface area contributed by atoms with Gasteiger partial charge in [-0.25, -0.2) is 0 Å². The summed E-state index contributed by atoms with van der Waals surface area (Å²) in [6.45, 7) is 3.72. The van der Waals surface area contributed by atoms with Gasteiger partial charge < -0.3 is 0 Å². The van der Waals surface area contributed by atoms with E-state index in [4.69, 9.17) is 0 Å². The van der Waals surface area contributed by atoms with E-state index in [0.29, 0.717) is 0 Å². The maximum absolute atomic E-state index is 3.72. The van der Waals surface area contributed by atoms with Gasteiger partial charge in [0.05, 0.1) is 0 Å². The van der Waals surface area contributed by atoms with E-state index in [2.05, 4.69) is 6.58 Å². The minimum absolute atomic E-state index is 0.951. The topological polar surface area (TPSA) is 0 Å². The summed E-state index contributed by atoms with van der Waals surface area (Å²) >= 11 is 1.90. The van der Waals surface area contributed by atoms with Gasteiger partial charge in [0.15, 0.2) is 0 Å². The summed E-state index contributed by atoms with van der Waals surface area (Å²) in [5.41, 5.74) is 0. The second-order valence-electron chi connectivity index (χ2n) is 0.539. The van der Waals surface area contributed by atoms with Gasteiger partial charge >= 0.3 is 36.2 Å². The molecule has 0 nitrogen and oxygen atoms in total. The molecule has 0 spiro atoms. The SMILES string of the molecule is C=C1[Se][Se]1. The van der Waals surface area contributed by atoms with Crippen molar-refractivity contribution in [2.24, 2.45) is 0 Å². The van der Waals surface area contributed by atoms with Crippen molar-refractivity contribution >= 4 is 26.3 Å². The van der Waals surface area contributed by atoms with Gasteiger partial charge in [0.2, 0.25) is 0 Å². The Kier molecular flexibility index (Phi) is 0.653. The van der Waals surface area contributed by atoms with Crippen LogP contribution in [0, 0.1) is 0 Å². The first-order valence-electron chi connectivity index (χ1n) is 0.928. The molecule has 4 heavy (non-hydrogen) atoms. The monoisotopic (exact) mass is 186 g/mol. The summed E-state index contributed by atoms with van der Waals surface area (Å²) in [7, 11) is 0. The van der Waals surface area contributed by atoms with Crippen LogP contribution in [-0.2, 0) is 0 Å². The summed E-state index contributed by atoms with van der Waals surface area (Å²) in [5.74, 6) is 0. The summed E-state index contributed by atoms with van der Waals surface area (Å²) < 4.78 is 1.54. The fraction of sp³-hybridized carbons (Fsp3) is 0. The van der Waals surface area contributed by atoms with E-state index in [9.17, 15) is 0 Å². The average molecular weight is 184 g/mol. The first-order chi connectivity index (χ1) is 1.89.